The van der Waals surface area contributed by atoms with Gasteiger partial charge in [0.05, 0.1) is 5.56 Å². The number of benzene rings is 2. The highest BCUT2D eigenvalue weighted by Gasteiger charge is 2.11. The van der Waals surface area contributed by atoms with Crippen LogP contribution in [0.3, 0.4) is 0 Å². The van der Waals surface area contributed by atoms with Crippen LogP contribution in [0.1, 0.15) is 29.8 Å². The molecule has 2 aromatic rings. The zero-order valence-electron chi connectivity index (χ0n) is 12.8. The topological polar surface area (TPSA) is 38.3 Å². The van der Waals surface area contributed by atoms with E-state index in [9.17, 15) is 4.79 Å². The lowest BCUT2D eigenvalue weighted by Gasteiger charge is -2.11. The molecule has 4 heteroatoms. The summed E-state index contributed by atoms with van der Waals surface area (Å²) < 4.78 is 6.53. The molecule has 3 nitrogen and oxygen atoms in total. The van der Waals surface area contributed by atoms with E-state index in [0.29, 0.717) is 30.4 Å². The second-order valence-corrected chi connectivity index (χ2v) is 6.37. The normalized spacial score (nSPS) is 10.5. The third-order valence-electron chi connectivity index (χ3n) is 3.10. The van der Waals surface area contributed by atoms with Crippen LogP contribution in [0.4, 0.5) is 0 Å². The van der Waals surface area contributed by atoms with Gasteiger partial charge in [0, 0.05) is 11.0 Å². The Bertz CT molecular complexity index is 626. The fourth-order valence-corrected chi connectivity index (χ4v) is 2.33. The summed E-state index contributed by atoms with van der Waals surface area (Å²) in [5.41, 5.74) is 1.68. The maximum absolute atomic E-state index is 12.2. The summed E-state index contributed by atoms with van der Waals surface area (Å²) in [5, 5.41) is 2.92. The van der Waals surface area contributed by atoms with Crippen molar-refractivity contribution in [2.45, 2.75) is 20.5 Å². The van der Waals surface area contributed by atoms with Gasteiger partial charge in [-0.1, -0.05) is 44.2 Å². The Morgan fingerprint density at radius 2 is 1.91 bits per heavy atom. The number of ether oxygens (including phenoxy) is 1. The quantitative estimate of drug-likeness (QED) is 0.827. The number of hydrogen-bond acceptors (Lipinski definition) is 2. The van der Waals surface area contributed by atoms with Crippen LogP contribution < -0.4 is 10.1 Å². The molecule has 0 radical (unpaired) electrons. The first kappa shape index (κ1) is 16.6. The highest BCUT2D eigenvalue weighted by molar-refractivity contribution is 9.10. The first-order valence-electron chi connectivity index (χ1n) is 7.30. The lowest BCUT2D eigenvalue weighted by atomic mass is 10.1. The summed E-state index contributed by atoms with van der Waals surface area (Å²) >= 11 is 3.42. The van der Waals surface area contributed by atoms with E-state index in [1.165, 1.54) is 0 Å². The molecule has 0 fully saturated rings. The van der Waals surface area contributed by atoms with E-state index in [-0.39, 0.29) is 5.91 Å². The van der Waals surface area contributed by atoms with Crippen molar-refractivity contribution in [1.29, 1.82) is 0 Å². The van der Waals surface area contributed by atoms with E-state index >= 15 is 0 Å². The molecular formula is C18H20BrNO2. The van der Waals surface area contributed by atoms with Gasteiger partial charge in [-0.25, -0.2) is 0 Å². The van der Waals surface area contributed by atoms with Crippen LogP contribution in [0.25, 0.3) is 0 Å². The number of carbonyl (C=O) groups is 1. The van der Waals surface area contributed by atoms with Crippen molar-refractivity contribution in [1.82, 2.24) is 5.32 Å². The lowest BCUT2D eigenvalue weighted by Crippen LogP contribution is -2.27. The fourth-order valence-electron chi connectivity index (χ4n) is 1.90. The van der Waals surface area contributed by atoms with Crippen molar-refractivity contribution in [3.8, 4) is 5.75 Å². The van der Waals surface area contributed by atoms with E-state index in [0.717, 1.165) is 10.0 Å². The van der Waals surface area contributed by atoms with E-state index in [4.69, 9.17) is 4.74 Å². The van der Waals surface area contributed by atoms with Gasteiger partial charge in [0.15, 0.2) is 0 Å². The molecular weight excluding hydrogens is 342 g/mol. The highest BCUT2D eigenvalue weighted by atomic mass is 79.9. The van der Waals surface area contributed by atoms with Crippen molar-refractivity contribution in [3.63, 3.8) is 0 Å². The van der Waals surface area contributed by atoms with Gasteiger partial charge in [-0.15, -0.1) is 0 Å². The van der Waals surface area contributed by atoms with Gasteiger partial charge >= 0.3 is 0 Å². The average Bonchev–Trinajstić information content (AvgIpc) is 2.52. The largest absolute Gasteiger partial charge is 0.489 e. The van der Waals surface area contributed by atoms with Gasteiger partial charge in [-0.2, -0.15) is 0 Å². The van der Waals surface area contributed by atoms with Crippen LogP contribution in [0.2, 0.25) is 0 Å². The smallest absolute Gasteiger partial charge is 0.252 e. The third-order valence-corrected chi connectivity index (χ3v) is 3.79. The molecule has 0 heterocycles. The first-order valence-corrected chi connectivity index (χ1v) is 8.10. The Morgan fingerprint density at radius 3 is 2.59 bits per heavy atom. The number of halogens is 1. The van der Waals surface area contributed by atoms with Gasteiger partial charge in [-0.3, -0.25) is 4.79 Å². The minimum Gasteiger partial charge on any atom is -0.489 e. The van der Waals surface area contributed by atoms with E-state index in [1.807, 2.05) is 42.5 Å². The Labute approximate surface area is 139 Å². The monoisotopic (exact) mass is 361 g/mol. The number of amides is 1. The average molecular weight is 362 g/mol. The molecule has 0 aliphatic rings. The van der Waals surface area contributed by atoms with Crippen molar-refractivity contribution < 1.29 is 9.53 Å². The van der Waals surface area contributed by atoms with Gasteiger partial charge < -0.3 is 10.1 Å². The third kappa shape index (κ3) is 4.88. The summed E-state index contributed by atoms with van der Waals surface area (Å²) in [6, 6.07) is 15.4. The maximum Gasteiger partial charge on any atom is 0.252 e. The summed E-state index contributed by atoms with van der Waals surface area (Å²) in [6.45, 7) is 5.26. The molecule has 0 saturated heterocycles. The Morgan fingerprint density at radius 1 is 1.18 bits per heavy atom. The molecule has 0 spiro atoms. The predicted octanol–water partition coefficient (Wildman–Crippen LogP) is 4.41. The minimum absolute atomic E-state index is 0.0919. The van der Waals surface area contributed by atoms with Crippen molar-refractivity contribution in [3.05, 3.63) is 64.1 Å². The molecule has 0 saturated carbocycles. The number of nitrogens with one attached hydrogen (secondary N) is 1. The molecule has 2 aromatic carbocycles. The lowest BCUT2D eigenvalue weighted by molar-refractivity contribution is 0.0947. The standard InChI is InChI=1S/C18H20BrNO2/c1-13(2)11-20-18(21)16-10-15(8-9-17(16)19)22-12-14-6-4-3-5-7-14/h3-10,13H,11-12H2,1-2H3,(H,20,21). The predicted molar refractivity (Wildman–Crippen MR) is 92.1 cm³/mol. The molecule has 1 N–H and O–H groups in total. The summed E-state index contributed by atoms with van der Waals surface area (Å²) in [4.78, 5) is 12.2. The molecule has 116 valence electrons. The van der Waals surface area contributed by atoms with Crippen LogP contribution >= 0.6 is 15.9 Å². The van der Waals surface area contributed by atoms with Crippen molar-refractivity contribution >= 4 is 21.8 Å². The van der Waals surface area contributed by atoms with Crippen LogP contribution in [-0.4, -0.2) is 12.5 Å². The maximum atomic E-state index is 12.2. The zero-order chi connectivity index (χ0) is 15.9. The molecule has 22 heavy (non-hydrogen) atoms. The van der Waals surface area contributed by atoms with Crippen LogP contribution in [0.15, 0.2) is 53.0 Å². The molecule has 0 aromatic heterocycles. The van der Waals surface area contributed by atoms with Crippen molar-refractivity contribution in [2.24, 2.45) is 5.92 Å². The van der Waals surface area contributed by atoms with E-state index in [1.54, 1.807) is 6.07 Å². The summed E-state index contributed by atoms with van der Waals surface area (Å²) in [6.07, 6.45) is 0. The van der Waals surface area contributed by atoms with Crippen LogP contribution in [0, 0.1) is 5.92 Å². The molecule has 0 unspecified atom stereocenters. The van der Waals surface area contributed by atoms with E-state index in [2.05, 4.69) is 35.1 Å². The number of hydrogen-bond donors (Lipinski definition) is 1. The van der Waals surface area contributed by atoms with Gasteiger partial charge in [0.1, 0.15) is 12.4 Å². The first-order chi connectivity index (χ1) is 10.6. The molecule has 0 aliphatic carbocycles. The summed E-state index contributed by atoms with van der Waals surface area (Å²) in [5.74, 6) is 1.01. The Kier molecular flexibility index (Phi) is 6.01. The zero-order valence-corrected chi connectivity index (χ0v) is 14.4. The van der Waals surface area contributed by atoms with Gasteiger partial charge in [-0.05, 0) is 45.6 Å². The fraction of sp³-hybridized carbons (Fsp3) is 0.278. The van der Waals surface area contributed by atoms with Crippen molar-refractivity contribution in [2.75, 3.05) is 6.54 Å². The second-order valence-electron chi connectivity index (χ2n) is 5.52. The molecule has 0 atom stereocenters. The van der Waals surface area contributed by atoms with Crippen LogP contribution in [-0.2, 0) is 6.61 Å². The number of rotatable bonds is 6. The Hall–Kier alpha value is -1.81. The van der Waals surface area contributed by atoms with Gasteiger partial charge in [0.2, 0.25) is 0 Å². The number of carbonyl (C=O) groups excluding carboxylic acids is 1. The second kappa shape index (κ2) is 7.99. The van der Waals surface area contributed by atoms with E-state index < -0.39 is 0 Å². The van der Waals surface area contributed by atoms with Crippen LogP contribution in [0.5, 0.6) is 5.75 Å². The summed E-state index contributed by atoms with van der Waals surface area (Å²) in [7, 11) is 0. The Balaban J connectivity index is 2.04. The van der Waals surface area contributed by atoms with Gasteiger partial charge in [0.25, 0.3) is 5.91 Å². The molecule has 2 rings (SSSR count). The molecule has 0 bridgehead atoms. The SMILES string of the molecule is CC(C)CNC(=O)c1cc(OCc2ccccc2)ccc1Br. The minimum atomic E-state index is -0.0919. The molecule has 0 aliphatic heterocycles. The highest BCUT2D eigenvalue weighted by Crippen LogP contribution is 2.23. The molecule has 1 amide bonds.